The van der Waals surface area contributed by atoms with E-state index in [9.17, 15) is 0 Å². The number of hydrogen-bond donors (Lipinski definition) is 0. The first-order chi connectivity index (χ1) is 20.6. The van der Waals surface area contributed by atoms with Gasteiger partial charge in [0.1, 0.15) is 8.07 Å². The Labute approximate surface area is 248 Å². The summed E-state index contributed by atoms with van der Waals surface area (Å²) in [4.78, 5) is 5.03. The Bertz CT molecular complexity index is 2020. The van der Waals surface area contributed by atoms with Crippen LogP contribution in [0.5, 0.6) is 0 Å². The summed E-state index contributed by atoms with van der Waals surface area (Å²) in [7, 11) is -1.98. The van der Waals surface area contributed by atoms with E-state index in [1.165, 1.54) is 61.6 Å². The van der Waals surface area contributed by atoms with Crippen molar-refractivity contribution in [2.45, 2.75) is 13.1 Å². The number of para-hydroxylation sites is 1. The molecule has 0 N–H and O–H groups in total. The molecular formula is C38H29BN2Si. The Hall–Kier alpha value is -4.80. The normalized spacial score (nSPS) is 15.0. The summed E-state index contributed by atoms with van der Waals surface area (Å²) in [6.07, 6.45) is 0. The summed E-state index contributed by atoms with van der Waals surface area (Å²) < 4.78 is 0. The quantitative estimate of drug-likeness (QED) is 0.229. The van der Waals surface area contributed by atoms with Gasteiger partial charge in [-0.3, -0.25) is 0 Å². The summed E-state index contributed by atoms with van der Waals surface area (Å²) in [6.45, 7) is 5.31. The van der Waals surface area contributed by atoms with Crippen LogP contribution < -0.4 is 36.6 Å². The van der Waals surface area contributed by atoms with Gasteiger partial charge in [0.05, 0.1) is 0 Å². The third-order valence-corrected chi connectivity index (χ3v) is 13.2. The van der Waals surface area contributed by atoms with E-state index in [2.05, 4.69) is 162 Å². The Kier molecular flexibility index (Phi) is 4.89. The zero-order valence-electron chi connectivity index (χ0n) is 23.8. The molecular weight excluding hydrogens is 523 g/mol. The van der Waals surface area contributed by atoms with Crippen LogP contribution in [0.2, 0.25) is 13.1 Å². The van der Waals surface area contributed by atoms with E-state index in [4.69, 9.17) is 0 Å². The third kappa shape index (κ3) is 3.10. The van der Waals surface area contributed by atoms with Gasteiger partial charge in [-0.15, -0.1) is 0 Å². The fourth-order valence-electron chi connectivity index (χ4n) is 7.82. The van der Waals surface area contributed by atoms with Crippen molar-refractivity contribution in [2.75, 3.05) is 9.80 Å². The number of rotatable bonds is 3. The molecule has 3 aliphatic rings. The highest BCUT2D eigenvalue weighted by molar-refractivity contribution is 7.16. The first kappa shape index (κ1) is 23.9. The highest BCUT2D eigenvalue weighted by Crippen LogP contribution is 2.44. The predicted molar refractivity (Wildman–Crippen MR) is 183 cm³/mol. The number of nitrogens with zero attached hydrogens (tertiary/aromatic N) is 2. The Morgan fingerprint density at radius 1 is 0.405 bits per heavy atom. The highest BCUT2D eigenvalue weighted by atomic mass is 28.3. The van der Waals surface area contributed by atoms with Gasteiger partial charge in [0.15, 0.2) is 0 Å². The maximum atomic E-state index is 2.54. The first-order valence-electron chi connectivity index (χ1n) is 14.8. The van der Waals surface area contributed by atoms with Crippen molar-refractivity contribution in [1.29, 1.82) is 0 Å². The number of anilines is 6. The summed E-state index contributed by atoms with van der Waals surface area (Å²) in [5.41, 5.74) is 14.5. The predicted octanol–water partition coefficient (Wildman–Crippen LogP) is 6.57. The van der Waals surface area contributed by atoms with Crippen LogP contribution in [-0.2, 0) is 0 Å². The van der Waals surface area contributed by atoms with Gasteiger partial charge in [-0.05, 0) is 76.0 Å². The summed E-state index contributed by atoms with van der Waals surface area (Å²) >= 11 is 0. The zero-order chi connectivity index (χ0) is 28.0. The minimum absolute atomic E-state index is 0.230. The maximum absolute atomic E-state index is 2.54. The lowest BCUT2D eigenvalue weighted by Crippen LogP contribution is -2.79. The molecule has 0 bridgehead atoms. The fourth-order valence-corrected chi connectivity index (χ4v) is 11.0. The molecule has 6 aromatic rings. The third-order valence-electron chi connectivity index (χ3n) is 9.65. The van der Waals surface area contributed by atoms with E-state index >= 15 is 0 Å². The molecule has 0 fully saturated rings. The monoisotopic (exact) mass is 552 g/mol. The minimum Gasteiger partial charge on any atom is -0.311 e. The van der Waals surface area contributed by atoms with Crippen LogP contribution in [0, 0.1) is 0 Å². The molecule has 9 rings (SSSR count). The molecule has 6 aromatic carbocycles. The van der Waals surface area contributed by atoms with Gasteiger partial charge >= 0.3 is 0 Å². The smallest absolute Gasteiger partial charge is 0.251 e. The Balaban J connectivity index is 1.34. The molecule has 2 nitrogen and oxygen atoms in total. The number of benzene rings is 6. The van der Waals surface area contributed by atoms with Crippen molar-refractivity contribution in [2.24, 2.45) is 0 Å². The minimum atomic E-state index is -1.98. The van der Waals surface area contributed by atoms with E-state index in [0.717, 1.165) is 0 Å². The second kappa shape index (κ2) is 8.61. The molecule has 0 saturated heterocycles. The molecule has 0 atom stereocenters. The average molecular weight is 553 g/mol. The van der Waals surface area contributed by atoms with Crippen LogP contribution in [-0.4, -0.2) is 14.8 Å². The molecule has 0 saturated carbocycles. The standard InChI is InChI=1S/C38H29BN2Si/c1-42(2)34-20-10-18-32-37(34)39-36-30(40(32)28-14-7-4-8-15-28)16-9-17-31(36)41(33-19-11-21-35(42)38(33)39)29-24-22-27(23-25-29)26-12-5-3-6-13-26/h3-25H,1-2H3. The van der Waals surface area contributed by atoms with E-state index < -0.39 is 8.07 Å². The van der Waals surface area contributed by atoms with Gasteiger partial charge < -0.3 is 9.80 Å². The molecule has 0 radical (unpaired) electrons. The zero-order valence-corrected chi connectivity index (χ0v) is 24.8. The lowest BCUT2D eigenvalue weighted by atomic mass is 9.33. The van der Waals surface area contributed by atoms with Crippen LogP contribution in [0.4, 0.5) is 34.1 Å². The van der Waals surface area contributed by atoms with E-state index in [-0.39, 0.29) is 6.71 Å². The van der Waals surface area contributed by atoms with Crippen LogP contribution in [0.1, 0.15) is 0 Å². The number of hydrogen-bond acceptors (Lipinski definition) is 2. The van der Waals surface area contributed by atoms with Gasteiger partial charge in [0, 0.05) is 34.1 Å². The van der Waals surface area contributed by atoms with E-state index in [0.29, 0.717) is 0 Å². The molecule has 198 valence electrons. The molecule has 3 heterocycles. The Morgan fingerprint density at radius 3 is 1.38 bits per heavy atom. The van der Waals surface area contributed by atoms with Gasteiger partial charge in [-0.25, -0.2) is 0 Å². The molecule has 42 heavy (non-hydrogen) atoms. The molecule has 3 aliphatic heterocycles. The lowest BCUT2D eigenvalue weighted by molar-refractivity contribution is 1.25. The highest BCUT2D eigenvalue weighted by Gasteiger charge is 2.51. The first-order valence-corrected chi connectivity index (χ1v) is 17.8. The average Bonchev–Trinajstić information content (AvgIpc) is 3.04. The second-order valence-corrected chi connectivity index (χ2v) is 16.5. The summed E-state index contributed by atoms with van der Waals surface area (Å²) in [5, 5.41) is 3.13. The van der Waals surface area contributed by atoms with Crippen LogP contribution in [0.15, 0.2) is 140 Å². The topological polar surface area (TPSA) is 6.48 Å². The van der Waals surface area contributed by atoms with Crippen LogP contribution >= 0.6 is 0 Å². The van der Waals surface area contributed by atoms with Crippen LogP contribution in [0.25, 0.3) is 11.1 Å². The molecule has 0 aliphatic carbocycles. The maximum Gasteiger partial charge on any atom is 0.251 e. The molecule has 0 amide bonds. The molecule has 0 unspecified atom stereocenters. The van der Waals surface area contributed by atoms with Gasteiger partial charge in [-0.1, -0.05) is 114 Å². The van der Waals surface area contributed by atoms with E-state index in [1.54, 1.807) is 10.4 Å². The summed E-state index contributed by atoms with van der Waals surface area (Å²) in [6, 6.07) is 51.7. The SMILES string of the molecule is C[Si]1(C)c2cccc3c2B2c4c(cccc4N(c4ccc(-c5ccccc5)cc4)c4cccc1c42)N3c1ccccc1. The van der Waals surface area contributed by atoms with Crippen molar-refractivity contribution in [3.8, 4) is 11.1 Å². The van der Waals surface area contributed by atoms with Crippen LogP contribution in [0.3, 0.4) is 0 Å². The second-order valence-electron chi connectivity index (χ2n) is 12.2. The van der Waals surface area contributed by atoms with Crippen molar-refractivity contribution < 1.29 is 0 Å². The van der Waals surface area contributed by atoms with Crippen molar-refractivity contribution >= 4 is 75.7 Å². The van der Waals surface area contributed by atoms with Crippen molar-refractivity contribution in [3.63, 3.8) is 0 Å². The van der Waals surface area contributed by atoms with E-state index in [1.807, 2.05) is 0 Å². The van der Waals surface area contributed by atoms with Crippen molar-refractivity contribution in [3.05, 3.63) is 140 Å². The Morgan fingerprint density at radius 2 is 0.833 bits per heavy atom. The van der Waals surface area contributed by atoms with Gasteiger partial charge in [-0.2, -0.15) is 0 Å². The largest absolute Gasteiger partial charge is 0.311 e. The van der Waals surface area contributed by atoms with Crippen molar-refractivity contribution in [1.82, 2.24) is 0 Å². The molecule has 4 heteroatoms. The molecule has 0 aromatic heterocycles. The van der Waals surface area contributed by atoms with Gasteiger partial charge in [0.25, 0.3) is 6.71 Å². The lowest BCUT2D eigenvalue weighted by Gasteiger charge is -2.49. The summed E-state index contributed by atoms with van der Waals surface area (Å²) in [5.74, 6) is 0. The van der Waals surface area contributed by atoms with Gasteiger partial charge in [0.2, 0.25) is 0 Å². The fraction of sp³-hybridized carbons (Fsp3) is 0.0526. The molecule has 0 spiro atoms.